The molecule has 1 saturated heterocycles. The number of hydrogen-bond donors (Lipinski definition) is 1. The Hall–Kier alpha value is -2.59. The third kappa shape index (κ3) is 4.70. The molecule has 4 nitrogen and oxygen atoms in total. The number of nitrogens with zero attached hydrogens (tertiary/aromatic N) is 2. The first kappa shape index (κ1) is 19.7. The number of aryl methyl sites for hydroxylation is 2. The van der Waals surface area contributed by atoms with E-state index in [1.807, 2.05) is 6.07 Å². The monoisotopic (exact) mass is 389 g/mol. The van der Waals surface area contributed by atoms with E-state index in [0.717, 1.165) is 51.3 Å². The highest BCUT2D eigenvalue weighted by Crippen LogP contribution is 2.25. The molecule has 0 bridgehead atoms. The molecule has 152 valence electrons. The maximum absolute atomic E-state index is 11.5. The van der Waals surface area contributed by atoms with Crippen molar-refractivity contribution in [2.45, 2.75) is 33.1 Å². The smallest absolute Gasteiger partial charge is 0.224 e. The number of benzene rings is 2. The number of amides is 1. The van der Waals surface area contributed by atoms with Crippen LogP contribution in [0.15, 0.2) is 42.5 Å². The summed E-state index contributed by atoms with van der Waals surface area (Å²) in [5, 5.41) is 2.95. The summed E-state index contributed by atoms with van der Waals surface area (Å²) in [6, 6.07) is 12.9. The van der Waals surface area contributed by atoms with Crippen molar-refractivity contribution in [2.75, 3.05) is 42.9 Å². The molecule has 2 aromatic carbocycles. The highest BCUT2D eigenvalue weighted by Gasteiger charge is 2.18. The molecule has 1 fully saturated rings. The fourth-order valence-electron chi connectivity index (χ4n) is 4.27. The van der Waals surface area contributed by atoms with Crippen LogP contribution in [0.3, 0.4) is 0 Å². The quantitative estimate of drug-likeness (QED) is 0.823. The largest absolute Gasteiger partial charge is 0.369 e. The Balaban J connectivity index is 1.25. The summed E-state index contributed by atoms with van der Waals surface area (Å²) in [6.45, 7) is 9.99. The summed E-state index contributed by atoms with van der Waals surface area (Å²) in [4.78, 5) is 16.6. The summed E-state index contributed by atoms with van der Waals surface area (Å²) >= 11 is 0. The molecule has 4 heteroatoms. The third-order valence-electron chi connectivity index (χ3n) is 6.24. The molecular formula is C25H31N3O. The second kappa shape index (κ2) is 8.83. The van der Waals surface area contributed by atoms with Crippen LogP contribution in [0.5, 0.6) is 0 Å². The van der Waals surface area contributed by atoms with E-state index in [0.29, 0.717) is 6.42 Å². The first-order valence-electron chi connectivity index (χ1n) is 10.7. The summed E-state index contributed by atoms with van der Waals surface area (Å²) in [5.74, 6) is 0.124. The van der Waals surface area contributed by atoms with E-state index in [-0.39, 0.29) is 5.91 Å². The first-order chi connectivity index (χ1) is 14.1. The van der Waals surface area contributed by atoms with Gasteiger partial charge < -0.3 is 10.2 Å². The van der Waals surface area contributed by atoms with E-state index in [2.05, 4.69) is 71.4 Å². The maximum atomic E-state index is 11.5. The molecule has 29 heavy (non-hydrogen) atoms. The molecule has 2 aromatic rings. The van der Waals surface area contributed by atoms with Gasteiger partial charge in [-0.25, -0.2) is 0 Å². The molecule has 0 aliphatic carbocycles. The molecule has 0 aromatic heterocycles. The van der Waals surface area contributed by atoms with Gasteiger partial charge in [-0.15, -0.1) is 0 Å². The van der Waals surface area contributed by atoms with Crippen LogP contribution >= 0.6 is 0 Å². The second-order valence-electron chi connectivity index (χ2n) is 8.20. The molecule has 0 radical (unpaired) electrons. The normalized spacial score (nSPS) is 17.4. The molecule has 0 spiro atoms. The predicted octanol–water partition coefficient (Wildman–Crippen LogP) is 4.41. The van der Waals surface area contributed by atoms with Crippen LogP contribution in [0.25, 0.3) is 6.08 Å². The lowest BCUT2D eigenvalue weighted by Gasteiger charge is -2.37. The van der Waals surface area contributed by atoms with Crippen LogP contribution in [0.1, 0.15) is 35.1 Å². The van der Waals surface area contributed by atoms with Crippen molar-refractivity contribution in [3.8, 4) is 0 Å². The fraction of sp³-hybridized carbons (Fsp3) is 0.400. The molecule has 0 atom stereocenters. The Bertz CT molecular complexity index is 910. The third-order valence-corrected chi connectivity index (χ3v) is 6.24. The van der Waals surface area contributed by atoms with Gasteiger partial charge in [0.25, 0.3) is 0 Å². The second-order valence-corrected chi connectivity index (χ2v) is 8.20. The van der Waals surface area contributed by atoms with Gasteiger partial charge in [-0.05, 0) is 67.1 Å². The molecule has 2 aliphatic rings. The molecule has 2 aliphatic heterocycles. The highest BCUT2D eigenvalue weighted by molar-refractivity contribution is 5.94. The molecule has 1 N–H and O–H groups in total. The zero-order chi connectivity index (χ0) is 20.2. The van der Waals surface area contributed by atoms with Crippen molar-refractivity contribution in [3.63, 3.8) is 0 Å². The Kier molecular flexibility index (Phi) is 6.00. The lowest BCUT2D eigenvalue weighted by Crippen LogP contribution is -2.46. The number of nitrogens with one attached hydrogen (secondary N) is 1. The fourth-order valence-corrected chi connectivity index (χ4v) is 4.27. The van der Waals surface area contributed by atoms with Gasteiger partial charge in [-0.1, -0.05) is 30.4 Å². The van der Waals surface area contributed by atoms with Crippen LogP contribution in [0.4, 0.5) is 11.4 Å². The zero-order valence-electron chi connectivity index (χ0n) is 17.6. The van der Waals surface area contributed by atoms with Crippen LogP contribution in [0, 0.1) is 13.8 Å². The van der Waals surface area contributed by atoms with E-state index in [1.54, 1.807) is 0 Å². The Morgan fingerprint density at radius 1 is 1.03 bits per heavy atom. The van der Waals surface area contributed by atoms with Crippen molar-refractivity contribution in [1.82, 2.24) is 4.90 Å². The summed E-state index contributed by atoms with van der Waals surface area (Å²) in [5.41, 5.74) is 7.62. The molecule has 2 heterocycles. The van der Waals surface area contributed by atoms with E-state index in [9.17, 15) is 4.79 Å². The Morgan fingerprint density at radius 3 is 2.69 bits per heavy atom. The molecule has 1 amide bonds. The number of piperazine rings is 1. The zero-order valence-corrected chi connectivity index (χ0v) is 17.6. The van der Waals surface area contributed by atoms with E-state index in [4.69, 9.17) is 0 Å². The van der Waals surface area contributed by atoms with E-state index < -0.39 is 0 Å². The van der Waals surface area contributed by atoms with Gasteiger partial charge in [-0.2, -0.15) is 0 Å². The summed E-state index contributed by atoms with van der Waals surface area (Å²) < 4.78 is 0. The van der Waals surface area contributed by atoms with Crippen molar-refractivity contribution in [3.05, 3.63) is 64.7 Å². The first-order valence-corrected chi connectivity index (χ1v) is 10.7. The van der Waals surface area contributed by atoms with Gasteiger partial charge in [0.2, 0.25) is 5.91 Å². The lowest BCUT2D eigenvalue weighted by atomic mass is 10.00. The van der Waals surface area contributed by atoms with Crippen molar-refractivity contribution in [1.29, 1.82) is 0 Å². The number of fused-ring (bicyclic) bond motifs is 1. The molecule has 0 unspecified atom stereocenters. The Morgan fingerprint density at radius 2 is 1.86 bits per heavy atom. The maximum Gasteiger partial charge on any atom is 0.224 e. The lowest BCUT2D eigenvalue weighted by molar-refractivity contribution is -0.116. The SMILES string of the molecule is Cc1cccc(N2CCN(CCC=Cc3ccc4c(c3)CCC(=O)N4)CC2)c1C. The van der Waals surface area contributed by atoms with Crippen molar-refractivity contribution >= 4 is 23.4 Å². The standard InChI is InChI=1S/C25H31N3O/c1-19-6-5-8-24(20(19)2)28-16-14-27(15-17-28)13-4-3-7-21-9-11-23-22(18-21)10-12-25(29)26-23/h3,5-9,11,18H,4,10,12-17H2,1-2H3,(H,26,29). The number of anilines is 2. The topological polar surface area (TPSA) is 35.6 Å². The highest BCUT2D eigenvalue weighted by atomic mass is 16.1. The number of carbonyl (C=O) groups is 1. The van der Waals surface area contributed by atoms with Crippen LogP contribution < -0.4 is 10.2 Å². The van der Waals surface area contributed by atoms with Crippen LogP contribution in [-0.2, 0) is 11.2 Å². The van der Waals surface area contributed by atoms with Gasteiger partial charge in [0.1, 0.15) is 0 Å². The summed E-state index contributed by atoms with van der Waals surface area (Å²) in [6.07, 6.45) is 6.99. The van der Waals surface area contributed by atoms with Gasteiger partial charge in [0.15, 0.2) is 0 Å². The van der Waals surface area contributed by atoms with Gasteiger partial charge in [-0.3, -0.25) is 9.69 Å². The van der Waals surface area contributed by atoms with Gasteiger partial charge in [0.05, 0.1) is 0 Å². The molecule has 0 saturated carbocycles. The van der Waals surface area contributed by atoms with Crippen molar-refractivity contribution in [2.24, 2.45) is 0 Å². The number of carbonyl (C=O) groups excluding carboxylic acids is 1. The van der Waals surface area contributed by atoms with Gasteiger partial charge >= 0.3 is 0 Å². The van der Waals surface area contributed by atoms with Crippen LogP contribution in [0.2, 0.25) is 0 Å². The molecule has 4 rings (SSSR count). The van der Waals surface area contributed by atoms with Crippen LogP contribution in [-0.4, -0.2) is 43.5 Å². The predicted molar refractivity (Wildman–Crippen MR) is 122 cm³/mol. The average Bonchev–Trinajstić information content (AvgIpc) is 2.74. The number of rotatable bonds is 5. The summed E-state index contributed by atoms with van der Waals surface area (Å²) in [7, 11) is 0. The Labute approximate surface area is 174 Å². The average molecular weight is 390 g/mol. The van der Waals surface area contributed by atoms with E-state index in [1.165, 1.54) is 27.9 Å². The van der Waals surface area contributed by atoms with E-state index >= 15 is 0 Å². The number of hydrogen-bond acceptors (Lipinski definition) is 3. The molecular weight excluding hydrogens is 358 g/mol. The minimum Gasteiger partial charge on any atom is -0.369 e. The van der Waals surface area contributed by atoms with Gasteiger partial charge in [0, 0.05) is 50.5 Å². The minimum atomic E-state index is 0.124. The van der Waals surface area contributed by atoms with Crippen molar-refractivity contribution < 1.29 is 4.79 Å². The minimum absolute atomic E-state index is 0.124.